The van der Waals surface area contributed by atoms with Crippen molar-refractivity contribution < 1.29 is 14.6 Å². The summed E-state index contributed by atoms with van der Waals surface area (Å²) in [5, 5.41) is 14.2. The van der Waals surface area contributed by atoms with E-state index in [1.165, 1.54) is 11.3 Å². The van der Waals surface area contributed by atoms with E-state index in [2.05, 4.69) is 31.5 Å². The van der Waals surface area contributed by atoms with E-state index in [1.807, 2.05) is 12.1 Å². The Morgan fingerprint density at radius 1 is 1.24 bits per heavy atom. The molecule has 1 saturated carbocycles. The van der Waals surface area contributed by atoms with Crippen LogP contribution >= 0.6 is 11.3 Å². The maximum atomic E-state index is 13.7. The molecule has 0 aromatic carbocycles. The molecule has 3 rings (SSSR count). The molecule has 2 heterocycles. The number of anilines is 1. The first-order chi connectivity index (χ1) is 13.9. The first-order valence-corrected chi connectivity index (χ1v) is 11.9. The lowest BCUT2D eigenvalue weighted by molar-refractivity contribution is -0.126. The van der Waals surface area contributed by atoms with Gasteiger partial charge < -0.3 is 9.84 Å². The van der Waals surface area contributed by atoms with Crippen LogP contribution in [0.2, 0.25) is 0 Å². The average molecular weight is 421 g/mol. The Balaban J connectivity index is 1.89. The number of carbonyl (C=O) groups is 1. The third-order valence-corrected chi connectivity index (χ3v) is 7.70. The third-order valence-electron chi connectivity index (χ3n) is 6.38. The van der Waals surface area contributed by atoms with Crippen LogP contribution < -0.4 is 5.01 Å². The highest BCUT2D eigenvalue weighted by Crippen LogP contribution is 2.38. The normalized spacial score (nSPS) is 23.3. The molecule has 5 nitrogen and oxygen atoms in total. The van der Waals surface area contributed by atoms with Crippen molar-refractivity contribution in [2.45, 2.75) is 58.8 Å². The monoisotopic (exact) mass is 420 g/mol. The summed E-state index contributed by atoms with van der Waals surface area (Å²) in [6, 6.07) is 2.06. The summed E-state index contributed by atoms with van der Waals surface area (Å²) < 4.78 is 5.51. The lowest BCUT2D eigenvalue weighted by Crippen LogP contribution is -2.50. The molecule has 0 atom stereocenters. The van der Waals surface area contributed by atoms with E-state index >= 15 is 0 Å². The zero-order chi connectivity index (χ0) is 21.0. The summed E-state index contributed by atoms with van der Waals surface area (Å²) in [4.78, 5) is 15.6. The van der Waals surface area contributed by atoms with Gasteiger partial charge in [-0.15, -0.1) is 11.3 Å². The number of thiophene rings is 1. The third kappa shape index (κ3) is 5.41. The van der Waals surface area contributed by atoms with Gasteiger partial charge in [0.25, 0.3) is 0 Å². The zero-order valence-electron chi connectivity index (χ0n) is 18.2. The van der Waals surface area contributed by atoms with Gasteiger partial charge in [-0.3, -0.25) is 4.79 Å². The molecule has 1 aromatic heterocycles. The maximum Gasteiger partial charge on any atom is 0.244 e. The highest BCUT2D eigenvalue weighted by atomic mass is 32.1. The molecule has 0 unspecified atom stereocenters. The molecule has 1 N–H and O–H groups in total. The van der Waals surface area contributed by atoms with Gasteiger partial charge in [0, 0.05) is 37.6 Å². The minimum atomic E-state index is 0.0410. The van der Waals surface area contributed by atoms with E-state index in [9.17, 15) is 9.90 Å². The molecular formula is C23H36N2O3S. The molecule has 162 valence electrons. The van der Waals surface area contributed by atoms with Crippen LogP contribution in [0.15, 0.2) is 12.6 Å². The summed E-state index contributed by atoms with van der Waals surface area (Å²) >= 11 is 1.53. The maximum absolute atomic E-state index is 13.7. The van der Waals surface area contributed by atoms with Crippen molar-refractivity contribution in [2.75, 3.05) is 31.8 Å². The standard InChI is InChI=1S/C23H36N2O3S/c1-5-20-14-21(22(29-20)17(3)26)25(23(27)19-8-6-16(2)7-9-19)24(4)15-18-10-12-28-13-11-18/h14,16,18-19,26H,3,5-13,15H2,1-2,4H3. The van der Waals surface area contributed by atoms with Crippen LogP contribution in [0.25, 0.3) is 5.76 Å². The second-order valence-electron chi connectivity index (χ2n) is 8.73. The summed E-state index contributed by atoms with van der Waals surface area (Å²) in [6.45, 7) is 10.5. The topological polar surface area (TPSA) is 53.0 Å². The Bertz CT molecular complexity index is 703. The molecule has 2 fully saturated rings. The SMILES string of the molecule is C=C(O)c1sc(CC)cc1N(C(=O)C1CCC(C)CC1)N(C)CC1CCOCC1. The Labute approximate surface area is 179 Å². The Morgan fingerprint density at radius 3 is 2.48 bits per heavy atom. The van der Waals surface area contributed by atoms with E-state index in [0.717, 1.165) is 75.3 Å². The summed E-state index contributed by atoms with van der Waals surface area (Å²) in [5.74, 6) is 1.47. The van der Waals surface area contributed by atoms with Gasteiger partial charge in [-0.1, -0.05) is 20.4 Å². The summed E-state index contributed by atoms with van der Waals surface area (Å²) in [5.41, 5.74) is 0.789. The molecule has 0 radical (unpaired) electrons. The molecule has 1 aliphatic heterocycles. The van der Waals surface area contributed by atoms with Crippen LogP contribution in [-0.2, 0) is 16.0 Å². The number of carbonyl (C=O) groups excluding carboxylic acids is 1. The Kier molecular flexibility index (Phi) is 7.77. The van der Waals surface area contributed by atoms with Crippen molar-refractivity contribution in [3.8, 4) is 0 Å². The van der Waals surface area contributed by atoms with E-state index in [0.29, 0.717) is 16.7 Å². The second-order valence-corrected chi connectivity index (χ2v) is 9.87. The first-order valence-electron chi connectivity index (χ1n) is 11.0. The first kappa shape index (κ1) is 22.3. The molecule has 0 spiro atoms. The predicted molar refractivity (Wildman–Crippen MR) is 120 cm³/mol. The number of hydrogen-bond acceptors (Lipinski definition) is 5. The van der Waals surface area contributed by atoms with Crippen molar-refractivity contribution in [1.82, 2.24) is 5.01 Å². The van der Waals surface area contributed by atoms with Crippen LogP contribution in [0.1, 0.15) is 62.1 Å². The Hall–Kier alpha value is -1.37. The van der Waals surface area contributed by atoms with E-state index in [4.69, 9.17) is 4.74 Å². The number of aliphatic hydroxyl groups is 1. The minimum Gasteiger partial charge on any atom is -0.507 e. The number of nitrogens with zero attached hydrogens (tertiary/aromatic N) is 2. The van der Waals surface area contributed by atoms with Crippen LogP contribution in [0.5, 0.6) is 0 Å². The number of ether oxygens (including phenoxy) is 1. The molecule has 1 amide bonds. The van der Waals surface area contributed by atoms with Gasteiger partial charge in [0.05, 0.1) is 10.6 Å². The van der Waals surface area contributed by atoms with Gasteiger partial charge in [-0.25, -0.2) is 10.0 Å². The fourth-order valence-electron chi connectivity index (χ4n) is 4.50. The number of hydrogen-bond donors (Lipinski definition) is 1. The highest BCUT2D eigenvalue weighted by Gasteiger charge is 2.34. The summed E-state index contributed by atoms with van der Waals surface area (Å²) in [6.07, 6.45) is 7.03. The van der Waals surface area contributed by atoms with Crippen LogP contribution in [0.3, 0.4) is 0 Å². The molecule has 1 aliphatic carbocycles. The van der Waals surface area contributed by atoms with Crippen LogP contribution in [0, 0.1) is 17.8 Å². The molecule has 29 heavy (non-hydrogen) atoms. The highest BCUT2D eigenvalue weighted by molar-refractivity contribution is 7.13. The van der Waals surface area contributed by atoms with Crippen molar-refractivity contribution in [3.63, 3.8) is 0 Å². The Morgan fingerprint density at radius 2 is 1.90 bits per heavy atom. The molecule has 2 aliphatic rings. The number of amides is 1. The van der Waals surface area contributed by atoms with Crippen LogP contribution in [-0.4, -0.2) is 42.8 Å². The van der Waals surface area contributed by atoms with Gasteiger partial charge in [0.15, 0.2) is 0 Å². The quantitative estimate of drug-likeness (QED) is 0.482. The number of rotatable bonds is 7. The predicted octanol–water partition coefficient (Wildman–Crippen LogP) is 5.27. The van der Waals surface area contributed by atoms with Crippen LogP contribution in [0.4, 0.5) is 5.69 Å². The molecule has 0 bridgehead atoms. The lowest BCUT2D eigenvalue weighted by atomic mass is 9.82. The van der Waals surface area contributed by atoms with Crippen molar-refractivity contribution in [2.24, 2.45) is 17.8 Å². The smallest absolute Gasteiger partial charge is 0.244 e. The number of aliphatic hydroxyl groups excluding tert-OH is 1. The average Bonchev–Trinajstić information content (AvgIpc) is 3.13. The van der Waals surface area contributed by atoms with E-state index in [-0.39, 0.29) is 17.6 Å². The van der Waals surface area contributed by atoms with Crippen molar-refractivity contribution >= 4 is 28.7 Å². The lowest BCUT2D eigenvalue weighted by Gasteiger charge is -2.38. The van der Waals surface area contributed by atoms with Gasteiger partial charge in [0.2, 0.25) is 5.91 Å². The fourth-order valence-corrected chi connectivity index (χ4v) is 5.45. The molecule has 1 saturated heterocycles. The molecular weight excluding hydrogens is 384 g/mol. The van der Waals surface area contributed by atoms with E-state index in [1.54, 1.807) is 0 Å². The van der Waals surface area contributed by atoms with Gasteiger partial charge >= 0.3 is 0 Å². The van der Waals surface area contributed by atoms with Gasteiger partial charge in [-0.05, 0) is 62.8 Å². The zero-order valence-corrected chi connectivity index (χ0v) is 19.0. The fraction of sp³-hybridized carbons (Fsp3) is 0.696. The van der Waals surface area contributed by atoms with Gasteiger partial charge in [0.1, 0.15) is 5.76 Å². The summed E-state index contributed by atoms with van der Waals surface area (Å²) in [7, 11) is 2.01. The van der Waals surface area contributed by atoms with Crippen molar-refractivity contribution in [3.05, 3.63) is 22.4 Å². The molecule has 1 aromatic rings. The van der Waals surface area contributed by atoms with E-state index < -0.39 is 0 Å². The van der Waals surface area contributed by atoms with Crippen molar-refractivity contribution in [1.29, 1.82) is 0 Å². The number of aryl methyl sites for hydroxylation is 1. The molecule has 6 heteroatoms. The number of hydrazine groups is 1. The second kappa shape index (κ2) is 10.1. The largest absolute Gasteiger partial charge is 0.507 e. The van der Waals surface area contributed by atoms with Gasteiger partial charge in [-0.2, -0.15) is 0 Å². The minimum absolute atomic E-state index is 0.0410.